The molecule has 1 aromatic heterocycles. The van der Waals surface area contributed by atoms with Crippen molar-refractivity contribution in [3.8, 4) is 16.9 Å². The van der Waals surface area contributed by atoms with Crippen LogP contribution in [-0.2, 0) is 0 Å². The number of carbonyl (C=O) groups is 2. The van der Waals surface area contributed by atoms with Gasteiger partial charge in [-0.25, -0.2) is 4.68 Å². The smallest absolute Gasteiger partial charge is 0.254 e. The molecule has 5 rings (SSSR count). The minimum Gasteiger partial charge on any atom is -0.335 e. The fourth-order valence-electron chi connectivity index (χ4n) is 4.17. The van der Waals surface area contributed by atoms with E-state index < -0.39 is 0 Å². The lowest BCUT2D eigenvalue weighted by atomic mass is 10.1. The Kier molecular flexibility index (Phi) is 5.72. The first-order chi connectivity index (χ1) is 16.2. The van der Waals surface area contributed by atoms with Crippen molar-refractivity contribution in [1.29, 1.82) is 0 Å². The number of piperazine rings is 1. The zero-order chi connectivity index (χ0) is 22.6. The molecule has 4 aromatic rings. The highest BCUT2D eigenvalue weighted by Gasteiger charge is 2.25. The third-order valence-electron chi connectivity index (χ3n) is 5.92. The van der Waals surface area contributed by atoms with E-state index in [4.69, 9.17) is 0 Å². The summed E-state index contributed by atoms with van der Waals surface area (Å²) in [6, 6.07) is 28.8. The van der Waals surface area contributed by atoms with Crippen molar-refractivity contribution < 1.29 is 9.59 Å². The van der Waals surface area contributed by atoms with Crippen LogP contribution < -0.4 is 0 Å². The highest BCUT2D eigenvalue weighted by Crippen LogP contribution is 2.23. The number of carbonyl (C=O) groups excluding carboxylic acids is 2. The van der Waals surface area contributed by atoms with Gasteiger partial charge in [0.25, 0.3) is 11.8 Å². The number of benzene rings is 3. The van der Waals surface area contributed by atoms with Crippen LogP contribution in [0, 0.1) is 0 Å². The molecule has 6 heteroatoms. The highest BCUT2D eigenvalue weighted by molar-refractivity contribution is 5.96. The average Bonchev–Trinajstić information content (AvgIpc) is 3.39. The van der Waals surface area contributed by atoms with Gasteiger partial charge in [-0.2, -0.15) is 5.10 Å². The minimum atomic E-state index is -0.0305. The summed E-state index contributed by atoms with van der Waals surface area (Å²) in [4.78, 5) is 29.5. The van der Waals surface area contributed by atoms with Crippen LogP contribution >= 0.6 is 0 Å². The molecule has 3 aromatic carbocycles. The Morgan fingerprint density at radius 1 is 0.636 bits per heavy atom. The molecule has 0 spiro atoms. The van der Waals surface area contributed by atoms with E-state index in [0.29, 0.717) is 37.3 Å². The number of hydrogen-bond acceptors (Lipinski definition) is 3. The predicted octanol–water partition coefficient (Wildman–Crippen LogP) is 4.14. The summed E-state index contributed by atoms with van der Waals surface area (Å²) in [5.74, 6) is -0.0195. The molecule has 1 saturated heterocycles. The van der Waals surface area contributed by atoms with Crippen molar-refractivity contribution in [2.45, 2.75) is 0 Å². The van der Waals surface area contributed by atoms with E-state index in [1.54, 1.807) is 6.20 Å². The van der Waals surface area contributed by atoms with E-state index >= 15 is 0 Å². The van der Waals surface area contributed by atoms with Crippen LogP contribution in [0.2, 0.25) is 0 Å². The van der Waals surface area contributed by atoms with Gasteiger partial charge in [0.05, 0.1) is 17.6 Å². The fourth-order valence-corrected chi connectivity index (χ4v) is 4.17. The Bertz CT molecular complexity index is 1260. The zero-order valence-electron chi connectivity index (χ0n) is 18.2. The molecule has 1 fully saturated rings. The fraction of sp³-hybridized carbons (Fsp3) is 0.148. The summed E-state index contributed by atoms with van der Waals surface area (Å²) in [7, 11) is 0. The minimum absolute atomic E-state index is 0.0109. The Balaban J connectivity index is 1.30. The maximum atomic E-state index is 13.2. The first kappa shape index (κ1) is 20.7. The largest absolute Gasteiger partial charge is 0.335 e. The van der Waals surface area contributed by atoms with Gasteiger partial charge in [-0.05, 0) is 36.4 Å². The predicted molar refractivity (Wildman–Crippen MR) is 127 cm³/mol. The van der Waals surface area contributed by atoms with Gasteiger partial charge in [0, 0.05) is 42.9 Å². The second-order valence-corrected chi connectivity index (χ2v) is 8.00. The summed E-state index contributed by atoms with van der Waals surface area (Å²) in [5.41, 5.74) is 4.16. The van der Waals surface area contributed by atoms with Crippen LogP contribution in [-0.4, -0.2) is 57.6 Å². The van der Waals surface area contributed by atoms with Crippen molar-refractivity contribution >= 4 is 11.8 Å². The number of rotatable bonds is 4. The normalized spacial score (nSPS) is 13.7. The van der Waals surface area contributed by atoms with Crippen LogP contribution in [0.1, 0.15) is 20.7 Å². The van der Waals surface area contributed by atoms with Gasteiger partial charge in [-0.1, -0.05) is 54.6 Å². The molecule has 0 saturated carbocycles. The topological polar surface area (TPSA) is 58.4 Å². The Morgan fingerprint density at radius 2 is 1.21 bits per heavy atom. The Morgan fingerprint density at radius 3 is 1.88 bits per heavy atom. The van der Waals surface area contributed by atoms with Gasteiger partial charge >= 0.3 is 0 Å². The van der Waals surface area contributed by atoms with Crippen LogP contribution in [0.25, 0.3) is 16.9 Å². The van der Waals surface area contributed by atoms with E-state index in [1.807, 2.05) is 105 Å². The summed E-state index contributed by atoms with van der Waals surface area (Å²) in [6.07, 6.45) is 1.76. The lowest BCUT2D eigenvalue weighted by molar-refractivity contribution is 0.0535. The lowest BCUT2D eigenvalue weighted by Gasteiger charge is -2.35. The van der Waals surface area contributed by atoms with Crippen molar-refractivity contribution in [3.05, 3.63) is 108 Å². The van der Waals surface area contributed by atoms with E-state index in [0.717, 1.165) is 16.9 Å². The molecule has 1 aliphatic heterocycles. The van der Waals surface area contributed by atoms with E-state index in [1.165, 1.54) is 0 Å². The first-order valence-electron chi connectivity index (χ1n) is 11.0. The molecule has 164 valence electrons. The third kappa shape index (κ3) is 4.28. The number of nitrogens with zero attached hydrogens (tertiary/aromatic N) is 4. The van der Waals surface area contributed by atoms with E-state index in [9.17, 15) is 9.59 Å². The van der Waals surface area contributed by atoms with Crippen LogP contribution in [0.15, 0.2) is 97.2 Å². The van der Waals surface area contributed by atoms with E-state index in [2.05, 4.69) is 5.10 Å². The molecule has 0 radical (unpaired) electrons. The number of aromatic nitrogens is 2. The summed E-state index contributed by atoms with van der Waals surface area (Å²) < 4.78 is 1.85. The summed E-state index contributed by atoms with van der Waals surface area (Å²) >= 11 is 0. The standard InChI is InChI=1S/C27H24N4O2/c32-26(22-10-5-2-6-11-22)29-16-18-30(19-17-29)27(33)23-12-7-13-24(20-23)31-25(14-15-28-31)21-8-3-1-4-9-21/h1-15,20H,16-19H2. The molecule has 0 atom stereocenters. The molecule has 33 heavy (non-hydrogen) atoms. The SMILES string of the molecule is O=C(c1ccccc1)N1CCN(C(=O)c2cccc(-n3nccc3-c3ccccc3)c2)CC1. The van der Waals surface area contributed by atoms with E-state index in [-0.39, 0.29) is 11.8 Å². The molecule has 0 aliphatic carbocycles. The van der Waals surface area contributed by atoms with Crippen LogP contribution in [0.4, 0.5) is 0 Å². The van der Waals surface area contributed by atoms with Crippen molar-refractivity contribution in [2.75, 3.05) is 26.2 Å². The monoisotopic (exact) mass is 436 g/mol. The van der Waals surface area contributed by atoms with Gasteiger partial charge in [0.15, 0.2) is 0 Å². The maximum Gasteiger partial charge on any atom is 0.254 e. The molecule has 0 bridgehead atoms. The van der Waals surface area contributed by atoms with Crippen molar-refractivity contribution in [3.63, 3.8) is 0 Å². The van der Waals surface area contributed by atoms with Gasteiger partial charge < -0.3 is 9.80 Å². The average molecular weight is 437 g/mol. The number of amides is 2. The second-order valence-electron chi connectivity index (χ2n) is 8.00. The summed E-state index contributed by atoms with van der Waals surface area (Å²) in [5, 5.41) is 4.48. The molecule has 2 heterocycles. The first-order valence-corrected chi connectivity index (χ1v) is 11.0. The Hall–Kier alpha value is -4.19. The zero-order valence-corrected chi connectivity index (χ0v) is 18.2. The molecular weight excluding hydrogens is 412 g/mol. The highest BCUT2D eigenvalue weighted by atomic mass is 16.2. The van der Waals surface area contributed by atoms with Gasteiger partial charge in [0.2, 0.25) is 0 Å². The van der Waals surface area contributed by atoms with Gasteiger partial charge in [0.1, 0.15) is 0 Å². The number of hydrogen-bond donors (Lipinski definition) is 0. The maximum absolute atomic E-state index is 13.2. The van der Waals surface area contributed by atoms with Gasteiger partial charge in [-0.3, -0.25) is 9.59 Å². The second kappa shape index (κ2) is 9.12. The molecule has 0 N–H and O–H groups in total. The van der Waals surface area contributed by atoms with Crippen molar-refractivity contribution in [1.82, 2.24) is 19.6 Å². The molecule has 1 aliphatic rings. The summed E-state index contributed by atoms with van der Waals surface area (Å²) in [6.45, 7) is 2.07. The van der Waals surface area contributed by atoms with Crippen LogP contribution in [0.5, 0.6) is 0 Å². The Labute approximate surface area is 192 Å². The quantitative estimate of drug-likeness (QED) is 0.483. The molecule has 2 amide bonds. The molecule has 6 nitrogen and oxygen atoms in total. The molecule has 0 unspecified atom stereocenters. The van der Waals surface area contributed by atoms with Gasteiger partial charge in [-0.15, -0.1) is 0 Å². The third-order valence-corrected chi connectivity index (χ3v) is 5.92. The lowest BCUT2D eigenvalue weighted by Crippen LogP contribution is -2.50. The van der Waals surface area contributed by atoms with Crippen LogP contribution in [0.3, 0.4) is 0 Å². The molecular formula is C27H24N4O2. The van der Waals surface area contributed by atoms with Crippen molar-refractivity contribution in [2.24, 2.45) is 0 Å².